The summed E-state index contributed by atoms with van der Waals surface area (Å²) in [7, 11) is 0. The highest BCUT2D eigenvalue weighted by Crippen LogP contribution is 2.35. The van der Waals surface area contributed by atoms with Crippen LogP contribution in [0.1, 0.15) is 22.8 Å². The fourth-order valence-corrected chi connectivity index (χ4v) is 3.05. The van der Waals surface area contributed by atoms with E-state index in [-0.39, 0.29) is 17.8 Å². The van der Waals surface area contributed by atoms with Gasteiger partial charge in [-0.25, -0.2) is 4.39 Å². The molecule has 102 valence electrons. The van der Waals surface area contributed by atoms with Crippen molar-refractivity contribution in [2.45, 2.75) is 19.4 Å². The van der Waals surface area contributed by atoms with E-state index in [2.05, 4.69) is 15.9 Å². The predicted octanol–water partition coefficient (Wildman–Crippen LogP) is 4.18. The molecule has 3 rings (SSSR count). The number of nitrogens with zero attached hydrogens (tertiary/aromatic N) is 1. The molecule has 1 unspecified atom stereocenters. The van der Waals surface area contributed by atoms with E-state index < -0.39 is 0 Å². The summed E-state index contributed by atoms with van der Waals surface area (Å²) in [6, 6.07) is 11.7. The molecule has 1 aliphatic rings. The van der Waals surface area contributed by atoms with Gasteiger partial charge in [0.1, 0.15) is 5.82 Å². The van der Waals surface area contributed by atoms with Gasteiger partial charge in [0.05, 0.1) is 0 Å². The lowest BCUT2D eigenvalue weighted by Gasteiger charge is -2.22. The topological polar surface area (TPSA) is 20.3 Å². The first-order chi connectivity index (χ1) is 9.56. The summed E-state index contributed by atoms with van der Waals surface area (Å²) >= 11 is 3.45. The van der Waals surface area contributed by atoms with Crippen molar-refractivity contribution in [3.8, 4) is 0 Å². The van der Waals surface area contributed by atoms with Gasteiger partial charge in [-0.3, -0.25) is 4.79 Å². The van der Waals surface area contributed by atoms with Crippen LogP contribution in [0.4, 0.5) is 10.1 Å². The molecule has 20 heavy (non-hydrogen) atoms. The summed E-state index contributed by atoms with van der Waals surface area (Å²) in [5, 5.41) is 0. The van der Waals surface area contributed by atoms with Crippen LogP contribution in [0.5, 0.6) is 0 Å². The number of fused-ring (bicyclic) bond motifs is 1. The third-order valence-electron chi connectivity index (χ3n) is 3.57. The van der Waals surface area contributed by atoms with Gasteiger partial charge in [-0.05, 0) is 61.4 Å². The van der Waals surface area contributed by atoms with Crippen molar-refractivity contribution in [1.29, 1.82) is 0 Å². The number of carbonyl (C=O) groups is 1. The van der Waals surface area contributed by atoms with Crippen LogP contribution in [-0.2, 0) is 6.42 Å². The number of benzene rings is 2. The van der Waals surface area contributed by atoms with E-state index in [1.165, 1.54) is 24.3 Å². The molecule has 1 atom stereocenters. The summed E-state index contributed by atoms with van der Waals surface area (Å²) in [5.41, 5.74) is 2.60. The van der Waals surface area contributed by atoms with Crippen LogP contribution in [0.15, 0.2) is 46.9 Å². The monoisotopic (exact) mass is 333 g/mol. The van der Waals surface area contributed by atoms with Crippen molar-refractivity contribution >= 4 is 27.5 Å². The zero-order valence-electron chi connectivity index (χ0n) is 10.9. The van der Waals surface area contributed by atoms with Gasteiger partial charge >= 0.3 is 0 Å². The van der Waals surface area contributed by atoms with Crippen LogP contribution in [0.3, 0.4) is 0 Å². The van der Waals surface area contributed by atoms with E-state index in [1.54, 1.807) is 4.90 Å². The molecule has 0 aliphatic carbocycles. The molecular formula is C16H13BrFNO. The molecule has 4 heteroatoms. The molecule has 0 fully saturated rings. The molecule has 0 radical (unpaired) electrons. The van der Waals surface area contributed by atoms with Gasteiger partial charge in [0.25, 0.3) is 5.91 Å². The zero-order chi connectivity index (χ0) is 14.3. The van der Waals surface area contributed by atoms with Gasteiger partial charge in [0.15, 0.2) is 0 Å². The third-order valence-corrected chi connectivity index (χ3v) is 4.06. The summed E-state index contributed by atoms with van der Waals surface area (Å²) in [6.07, 6.45) is 0.835. The average Bonchev–Trinajstić information content (AvgIpc) is 2.73. The van der Waals surface area contributed by atoms with Gasteiger partial charge < -0.3 is 4.90 Å². The predicted molar refractivity (Wildman–Crippen MR) is 80.5 cm³/mol. The number of anilines is 1. The first kappa shape index (κ1) is 13.3. The van der Waals surface area contributed by atoms with Gasteiger partial charge in [0.2, 0.25) is 0 Å². The molecule has 1 heterocycles. The van der Waals surface area contributed by atoms with Crippen LogP contribution >= 0.6 is 15.9 Å². The SMILES string of the molecule is CC1Cc2cc(Br)ccc2N1C(=O)c1ccc(F)cc1. The summed E-state index contributed by atoms with van der Waals surface area (Å²) in [4.78, 5) is 14.4. The number of rotatable bonds is 1. The highest BCUT2D eigenvalue weighted by molar-refractivity contribution is 9.10. The van der Waals surface area contributed by atoms with Crippen LogP contribution in [0.25, 0.3) is 0 Å². The van der Waals surface area contributed by atoms with Crippen molar-refractivity contribution in [3.63, 3.8) is 0 Å². The molecule has 1 amide bonds. The molecule has 1 aliphatic heterocycles. The number of halogens is 2. The first-order valence-electron chi connectivity index (χ1n) is 6.44. The van der Waals surface area contributed by atoms with E-state index in [1.807, 2.05) is 25.1 Å². The number of hydrogen-bond acceptors (Lipinski definition) is 1. The fourth-order valence-electron chi connectivity index (χ4n) is 2.64. The minimum absolute atomic E-state index is 0.0847. The Morgan fingerprint density at radius 2 is 1.95 bits per heavy atom. The maximum atomic E-state index is 13.0. The third kappa shape index (κ3) is 2.24. The Bertz CT molecular complexity index is 669. The molecule has 0 saturated heterocycles. The summed E-state index contributed by atoms with van der Waals surface area (Å²) < 4.78 is 14.0. The Labute approximate surface area is 125 Å². The van der Waals surface area contributed by atoms with E-state index in [4.69, 9.17) is 0 Å². The van der Waals surface area contributed by atoms with E-state index in [0.29, 0.717) is 5.56 Å². The fraction of sp³-hybridized carbons (Fsp3) is 0.188. The number of hydrogen-bond donors (Lipinski definition) is 0. The maximum absolute atomic E-state index is 13.0. The van der Waals surface area contributed by atoms with Crippen molar-refractivity contribution in [2.24, 2.45) is 0 Å². The van der Waals surface area contributed by atoms with Crippen LogP contribution in [0.2, 0.25) is 0 Å². The molecule has 2 nitrogen and oxygen atoms in total. The highest BCUT2D eigenvalue weighted by atomic mass is 79.9. The van der Waals surface area contributed by atoms with Gasteiger partial charge in [-0.2, -0.15) is 0 Å². The minimum atomic E-state index is -0.333. The Kier molecular flexibility index (Phi) is 3.34. The molecule has 0 saturated carbocycles. The molecular weight excluding hydrogens is 321 g/mol. The lowest BCUT2D eigenvalue weighted by atomic mass is 10.1. The standard InChI is InChI=1S/C16H13BrFNO/c1-10-8-12-9-13(17)4-7-15(12)19(10)16(20)11-2-5-14(18)6-3-11/h2-7,9-10H,8H2,1H3. The van der Waals surface area contributed by atoms with Crippen molar-refractivity contribution in [1.82, 2.24) is 0 Å². The van der Waals surface area contributed by atoms with Crippen LogP contribution in [0, 0.1) is 5.82 Å². The van der Waals surface area contributed by atoms with E-state index in [0.717, 1.165) is 22.1 Å². The number of carbonyl (C=O) groups excluding carboxylic acids is 1. The minimum Gasteiger partial charge on any atom is -0.305 e. The Morgan fingerprint density at radius 1 is 1.25 bits per heavy atom. The zero-order valence-corrected chi connectivity index (χ0v) is 12.5. The lowest BCUT2D eigenvalue weighted by molar-refractivity contribution is 0.0981. The average molecular weight is 334 g/mol. The maximum Gasteiger partial charge on any atom is 0.258 e. The quantitative estimate of drug-likeness (QED) is 0.766. The van der Waals surface area contributed by atoms with E-state index in [9.17, 15) is 9.18 Å². The lowest BCUT2D eigenvalue weighted by Crippen LogP contribution is -2.35. The second-order valence-corrected chi connectivity index (χ2v) is 5.92. The molecule has 0 bridgehead atoms. The summed E-state index contributed by atoms with van der Waals surface area (Å²) in [6.45, 7) is 2.02. The van der Waals surface area contributed by atoms with E-state index >= 15 is 0 Å². The second-order valence-electron chi connectivity index (χ2n) is 5.01. The number of amides is 1. The van der Waals surface area contributed by atoms with Crippen molar-refractivity contribution < 1.29 is 9.18 Å². The molecule has 2 aromatic carbocycles. The van der Waals surface area contributed by atoms with Crippen LogP contribution < -0.4 is 4.90 Å². The van der Waals surface area contributed by atoms with Gasteiger partial charge in [0, 0.05) is 21.8 Å². The van der Waals surface area contributed by atoms with Gasteiger partial charge in [-0.1, -0.05) is 15.9 Å². The van der Waals surface area contributed by atoms with Gasteiger partial charge in [-0.15, -0.1) is 0 Å². The Morgan fingerprint density at radius 3 is 2.65 bits per heavy atom. The van der Waals surface area contributed by atoms with Crippen molar-refractivity contribution in [3.05, 3.63) is 63.9 Å². The molecule has 2 aromatic rings. The molecule has 0 spiro atoms. The second kappa shape index (κ2) is 5.02. The highest BCUT2D eigenvalue weighted by Gasteiger charge is 2.31. The Balaban J connectivity index is 1.98. The molecule has 0 N–H and O–H groups in total. The Hall–Kier alpha value is -1.68. The smallest absolute Gasteiger partial charge is 0.258 e. The summed E-state index contributed by atoms with van der Waals surface area (Å²) in [5.74, 6) is -0.418. The van der Waals surface area contributed by atoms with Crippen LogP contribution in [-0.4, -0.2) is 11.9 Å². The normalized spacial score (nSPS) is 17.1. The largest absolute Gasteiger partial charge is 0.305 e. The van der Waals surface area contributed by atoms with Crippen molar-refractivity contribution in [2.75, 3.05) is 4.90 Å². The first-order valence-corrected chi connectivity index (χ1v) is 7.23. The molecule has 0 aromatic heterocycles.